The van der Waals surface area contributed by atoms with Crippen LogP contribution in [0.1, 0.15) is 35.2 Å². The minimum Gasteiger partial charge on any atom is -0.375 e. The fourth-order valence-electron chi connectivity index (χ4n) is 3.10. The van der Waals surface area contributed by atoms with Crippen LogP contribution in [-0.2, 0) is 4.74 Å². The first-order valence-electron chi connectivity index (χ1n) is 6.84. The van der Waals surface area contributed by atoms with Crippen molar-refractivity contribution in [3.05, 3.63) is 33.8 Å². The molecule has 1 N–H and O–H groups in total. The fraction of sp³-hybridized carbons (Fsp3) is 0.533. The lowest BCUT2D eigenvalue weighted by atomic mass is 9.89. The SMILES string of the molecule is Cc1cccc(C(=O)NCC2CC3CCC2O3)c1Br. The molecule has 0 aromatic heterocycles. The Bertz CT molecular complexity index is 503. The van der Waals surface area contributed by atoms with Crippen molar-refractivity contribution in [2.75, 3.05) is 6.54 Å². The van der Waals surface area contributed by atoms with Gasteiger partial charge in [0.25, 0.3) is 5.91 Å². The predicted octanol–water partition coefficient (Wildman–Crippen LogP) is 3.05. The molecular weight excluding hydrogens is 306 g/mol. The number of ether oxygens (including phenoxy) is 1. The van der Waals surface area contributed by atoms with Crippen LogP contribution in [0.4, 0.5) is 0 Å². The zero-order chi connectivity index (χ0) is 13.4. The number of amides is 1. The Balaban J connectivity index is 1.61. The van der Waals surface area contributed by atoms with Gasteiger partial charge in [-0.05, 0) is 53.7 Å². The molecule has 2 saturated heterocycles. The van der Waals surface area contributed by atoms with E-state index in [9.17, 15) is 4.79 Å². The zero-order valence-corrected chi connectivity index (χ0v) is 12.6. The number of hydrogen-bond donors (Lipinski definition) is 1. The molecule has 1 aromatic rings. The molecule has 3 atom stereocenters. The van der Waals surface area contributed by atoms with Gasteiger partial charge in [0.1, 0.15) is 0 Å². The van der Waals surface area contributed by atoms with Crippen molar-refractivity contribution in [2.45, 2.75) is 38.4 Å². The molecular formula is C15H18BrNO2. The molecule has 3 nitrogen and oxygen atoms in total. The topological polar surface area (TPSA) is 38.3 Å². The van der Waals surface area contributed by atoms with E-state index >= 15 is 0 Å². The van der Waals surface area contributed by atoms with Crippen molar-refractivity contribution in [1.82, 2.24) is 5.32 Å². The number of benzene rings is 1. The van der Waals surface area contributed by atoms with Crippen LogP contribution in [0.2, 0.25) is 0 Å². The largest absolute Gasteiger partial charge is 0.375 e. The van der Waals surface area contributed by atoms with Gasteiger partial charge >= 0.3 is 0 Å². The van der Waals surface area contributed by atoms with Crippen molar-refractivity contribution in [3.8, 4) is 0 Å². The van der Waals surface area contributed by atoms with E-state index < -0.39 is 0 Å². The smallest absolute Gasteiger partial charge is 0.252 e. The molecule has 3 rings (SSSR count). The number of aryl methyl sites for hydroxylation is 1. The van der Waals surface area contributed by atoms with Crippen molar-refractivity contribution in [1.29, 1.82) is 0 Å². The van der Waals surface area contributed by atoms with Crippen LogP contribution in [0.5, 0.6) is 0 Å². The number of carbonyl (C=O) groups is 1. The van der Waals surface area contributed by atoms with Crippen LogP contribution in [0, 0.1) is 12.8 Å². The Morgan fingerprint density at radius 3 is 3.00 bits per heavy atom. The number of nitrogens with one attached hydrogen (secondary N) is 1. The molecule has 2 aliphatic rings. The van der Waals surface area contributed by atoms with Crippen LogP contribution in [0.3, 0.4) is 0 Å². The molecule has 2 aliphatic heterocycles. The summed E-state index contributed by atoms with van der Waals surface area (Å²) in [4.78, 5) is 12.2. The third-order valence-corrected chi connectivity index (χ3v) is 5.25. The second-order valence-corrected chi connectivity index (χ2v) is 6.31. The van der Waals surface area contributed by atoms with E-state index in [4.69, 9.17) is 4.74 Å². The van der Waals surface area contributed by atoms with Gasteiger partial charge in [-0.15, -0.1) is 0 Å². The standard InChI is InChI=1S/C15H18BrNO2/c1-9-3-2-4-12(14(9)16)15(18)17-8-10-7-11-5-6-13(10)19-11/h2-4,10-11,13H,5-8H2,1H3,(H,17,18). The highest BCUT2D eigenvalue weighted by Gasteiger charge is 2.40. The molecule has 102 valence electrons. The Kier molecular flexibility index (Phi) is 3.63. The molecule has 0 spiro atoms. The lowest BCUT2D eigenvalue weighted by Gasteiger charge is -2.19. The summed E-state index contributed by atoms with van der Waals surface area (Å²) in [6.07, 6.45) is 4.25. The van der Waals surface area contributed by atoms with E-state index in [0.717, 1.165) is 29.4 Å². The van der Waals surface area contributed by atoms with Gasteiger partial charge in [-0.25, -0.2) is 0 Å². The van der Waals surface area contributed by atoms with Crippen molar-refractivity contribution in [3.63, 3.8) is 0 Å². The van der Waals surface area contributed by atoms with E-state index in [-0.39, 0.29) is 5.91 Å². The first kappa shape index (κ1) is 13.1. The van der Waals surface area contributed by atoms with Crippen molar-refractivity contribution >= 4 is 21.8 Å². The number of halogens is 1. The maximum Gasteiger partial charge on any atom is 0.252 e. The summed E-state index contributed by atoms with van der Waals surface area (Å²) in [5.74, 6) is 0.490. The second kappa shape index (κ2) is 5.25. The quantitative estimate of drug-likeness (QED) is 0.928. The summed E-state index contributed by atoms with van der Waals surface area (Å²) in [6.45, 7) is 2.71. The van der Waals surface area contributed by atoms with Gasteiger partial charge in [-0.3, -0.25) is 4.79 Å². The average molecular weight is 324 g/mol. The molecule has 3 unspecified atom stereocenters. The van der Waals surface area contributed by atoms with Crippen LogP contribution in [0.15, 0.2) is 22.7 Å². The van der Waals surface area contributed by atoms with Crippen LogP contribution < -0.4 is 5.32 Å². The maximum atomic E-state index is 12.2. The van der Waals surface area contributed by atoms with Crippen LogP contribution >= 0.6 is 15.9 Å². The van der Waals surface area contributed by atoms with Gasteiger partial charge in [0.15, 0.2) is 0 Å². The Morgan fingerprint density at radius 1 is 1.47 bits per heavy atom. The zero-order valence-electron chi connectivity index (χ0n) is 11.0. The molecule has 1 aromatic carbocycles. The third-order valence-electron chi connectivity index (χ3n) is 4.19. The van der Waals surface area contributed by atoms with Crippen LogP contribution in [-0.4, -0.2) is 24.7 Å². The molecule has 1 amide bonds. The first-order valence-corrected chi connectivity index (χ1v) is 7.63. The highest BCUT2D eigenvalue weighted by atomic mass is 79.9. The van der Waals surface area contributed by atoms with E-state index in [2.05, 4.69) is 21.2 Å². The lowest BCUT2D eigenvalue weighted by molar-refractivity contribution is 0.0873. The van der Waals surface area contributed by atoms with E-state index in [1.807, 2.05) is 25.1 Å². The Hall–Kier alpha value is -0.870. The molecule has 0 radical (unpaired) electrons. The molecule has 2 bridgehead atoms. The first-order chi connectivity index (χ1) is 9.15. The van der Waals surface area contributed by atoms with E-state index in [1.54, 1.807) is 0 Å². The lowest BCUT2D eigenvalue weighted by Crippen LogP contribution is -2.33. The number of hydrogen-bond acceptors (Lipinski definition) is 2. The van der Waals surface area contributed by atoms with Gasteiger partial charge in [-0.1, -0.05) is 12.1 Å². The number of rotatable bonds is 3. The van der Waals surface area contributed by atoms with Gasteiger partial charge in [-0.2, -0.15) is 0 Å². The highest BCUT2D eigenvalue weighted by Crippen LogP contribution is 2.38. The molecule has 4 heteroatoms. The van der Waals surface area contributed by atoms with Gasteiger partial charge in [0.2, 0.25) is 0 Å². The van der Waals surface area contributed by atoms with Crippen LogP contribution in [0.25, 0.3) is 0 Å². The van der Waals surface area contributed by atoms with Gasteiger partial charge < -0.3 is 10.1 Å². The number of fused-ring (bicyclic) bond motifs is 2. The fourth-order valence-corrected chi connectivity index (χ4v) is 3.54. The molecule has 0 aliphatic carbocycles. The van der Waals surface area contributed by atoms with E-state index in [1.165, 1.54) is 6.42 Å². The molecule has 0 saturated carbocycles. The minimum atomic E-state index is -0.00153. The Morgan fingerprint density at radius 2 is 2.32 bits per heavy atom. The summed E-state index contributed by atoms with van der Waals surface area (Å²) >= 11 is 3.48. The summed E-state index contributed by atoms with van der Waals surface area (Å²) in [6, 6.07) is 5.75. The van der Waals surface area contributed by atoms with Crippen molar-refractivity contribution in [2.24, 2.45) is 5.92 Å². The summed E-state index contributed by atoms with van der Waals surface area (Å²) in [7, 11) is 0. The van der Waals surface area contributed by atoms with Gasteiger partial charge in [0.05, 0.1) is 17.8 Å². The minimum absolute atomic E-state index is 0.00153. The maximum absolute atomic E-state index is 12.2. The van der Waals surface area contributed by atoms with Crippen molar-refractivity contribution < 1.29 is 9.53 Å². The second-order valence-electron chi connectivity index (χ2n) is 5.52. The molecule has 2 heterocycles. The van der Waals surface area contributed by atoms with E-state index in [0.29, 0.717) is 23.7 Å². The molecule has 2 fully saturated rings. The Labute approximate surface area is 121 Å². The highest BCUT2D eigenvalue weighted by molar-refractivity contribution is 9.10. The summed E-state index contributed by atoms with van der Waals surface area (Å²) in [5, 5.41) is 3.04. The predicted molar refractivity (Wildman–Crippen MR) is 77.2 cm³/mol. The van der Waals surface area contributed by atoms with Gasteiger partial charge in [0, 0.05) is 16.9 Å². The number of carbonyl (C=O) groups excluding carboxylic acids is 1. The third kappa shape index (κ3) is 2.56. The summed E-state index contributed by atoms with van der Waals surface area (Å²) in [5.41, 5.74) is 1.79. The molecule has 19 heavy (non-hydrogen) atoms. The monoisotopic (exact) mass is 323 g/mol. The summed E-state index contributed by atoms with van der Waals surface area (Å²) < 4.78 is 6.69. The average Bonchev–Trinajstić information content (AvgIpc) is 3.01. The normalized spacial score (nSPS) is 28.6.